The average molecular weight is 221 g/mol. The molecule has 0 aliphatic rings. The van der Waals surface area contributed by atoms with Crippen molar-refractivity contribution in [2.24, 2.45) is 0 Å². The first kappa shape index (κ1) is 12.7. The van der Waals surface area contributed by atoms with Crippen molar-refractivity contribution in [2.45, 2.75) is 32.8 Å². The van der Waals surface area contributed by atoms with Crippen LogP contribution >= 0.6 is 0 Å². The Balaban J connectivity index is 2.50. The van der Waals surface area contributed by atoms with Crippen LogP contribution in [-0.2, 0) is 11.2 Å². The standard InChI is InChI=1S/C13H19NO2/c1-10-6-4-5-7-11(10)8-12(15)14-9-13(2,3)16/h4-7,16H,8-9H2,1-3H3,(H,14,15). The zero-order valence-corrected chi connectivity index (χ0v) is 10.1. The first-order valence-corrected chi connectivity index (χ1v) is 5.42. The number of nitrogens with one attached hydrogen (secondary N) is 1. The highest BCUT2D eigenvalue weighted by Gasteiger charge is 2.14. The van der Waals surface area contributed by atoms with Crippen molar-refractivity contribution >= 4 is 5.91 Å². The molecule has 0 spiro atoms. The fourth-order valence-corrected chi connectivity index (χ4v) is 1.36. The van der Waals surface area contributed by atoms with Gasteiger partial charge in [0.25, 0.3) is 0 Å². The Bertz CT molecular complexity index is 366. The third kappa shape index (κ3) is 4.45. The minimum atomic E-state index is -0.860. The predicted octanol–water partition coefficient (Wildman–Crippen LogP) is 1.42. The van der Waals surface area contributed by atoms with E-state index in [-0.39, 0.29) is 12.5 Å². The summed E-state index contributed by atoms with van der Waals surface area (Å²) in [6.45, 7) is 5.60. The van der Waals surface area contributed by atoms with Gasteiger partial charge in [0.15, 0.2) is 0 Å². The highest BCUT2D eigenvalue weighted by Crippen LogP contribution is 2.07. The lowest BCUT2D eigenvalue weighted by molar-refractivity contribution is -0.121. The van der Waals surface area contributed by atoms with E-state index in [2.05, 4.69) is 5.32 Å². The lowest BCUT2D eigenvalue weighted by Crippen LogP contribution is -2.38. The molecule has 16 heavy (non-hydrogen) atoms. The lowest BCUT2D eigenvalue weighted by atomic mass is 10.1. The molecular weight excluding hydrogens is 202 g/mol. The van der Waals surface area contributed by atoms with Crippen LogP contribution in [0.15, 0.2) is 24.3 Å². The van der Waals surface area contributed by atoms with Crippen LogP contribution in [0.3, 0.4) is 0 Å². The molecule has 0 saturated heterocycles. The minimum absolute atomic E-state index is 0.0589. The number of hydrogen-bond donors (Lipinski definition) is 2. The Hall–Kier alpha value is -1.35. The van der Waals surface area contributed by atoms with Crippen LogP contribution in [0.4, 0.5) is 0 Å². The molecule has 1 rings (SSSR count). The fraction of sp³-hybridized carbons (Fsp3) is 0.462. The maximum atomic E-state index is 11.6. The van der Waals surface area contributed by atoms with E-state index in [0.29, 0.717) is 6.42 Å². The second-order valence-corrected chi connectivity index (χ2v) is 4.69. The molecule has 0 heterocycles. The van der Waals surface area contributed by atoms with Gasteiger partial charge in [0.2, 0.25) is 5.91 Å². The SMILES string of the molecule is Cc1ccccc1CC(=O)NCC(C)(C)O. The Morgan fingerprint density at radius 2 is 2.00 bits per heavy atom. The zero-order chi connectivity index (χ0) is 12.2. The first-order valence-electron chi connectivity index (χ1n) is 5.42. The maximum Gasteiger partial charge on any atom is 0.224 e. The molecule has 3 nitrogen and oxygen atoms in total. The highest BCUT2D eigenvalue weighted by atomic mass is 16.3. The van der Waals surface area contributed by atoms with Gasteiger partial charge >= 0.3 is 0 Å². The van der Waals surface area contributed by atoms with Crippen LogP contribution in [0.2, 0.25) is 0 Å². The van der Waals surface area contributed by atoms with Crippen LogP contribution < -0.4 is 5.32 Å². The fourth-order valence-electron chi connectivity index (χ4n) is 1.36. The number of amides is 1. The van der Waals surface area contributed by atoms with Crippen molar-refractivity contribution in [1.29, 1.82) is 0 Å². The van der Waals surface area contributed by atoms with Crippen molar-refractivity contribution in [3.8, 4) is 0 Å². The van der Waals surface area contributed by atoms with E-state index in [1.54, 1.807) is 13.8 Å². The third-order valence-corrected chi connectivity index (χ3v) is 2.33. The summed E-state index contributed by atoms with van der Waals surface area (Å²) in [5.41, 5.74) is 1.28. The minimum Gasteiger partial charge on any atom is -0.389 e. The quantitative estimate of drug-likeness (QED) is 0.808. The van der Waals surface area contributed by atoms with E-state index in [0.717, 1.165) is 11.1 Å². The molecular formula is C13H19NO2. The van der Waals surface area contributed by atoms with Crippen molar-refractivity contribution < 1.29 is 9.90 Å². The van der Waals surface area contributed by atoms with Gasteiger partial charge in [0.05, 0.1) is 12.0 Å². The molecule has 0 unspecified atom stereocenters. The average Bonchev–Trinajstić information content (AvgIpc) is 2.18. The second-order valence-electron chi connectivity index (χ2n) is 4.69. The van der Waals surface area contributed by atoms with Gasteiger partial charge in [-0.05, 0) is 31.9 Å². The second kappa shape index (κ2) is 5.12. The Morgan fingerprint density at radius 1 is 1.38 bits per heavy atom. The van der Waals surface area contributed by atoms with E-state index in [1.807, 2.05) is 31.2 Å². The summed E-state index contributed by atoms with van der Waals surface area (Å²) in [6, 6.07) is 7.80. The summed E-state index contributed by atoms with van der Waals surface area (Å²) < 4.78 is 0. The highest BCUT2D eigenvalue weighted by molar-refractivity contribution is 5.78. The smallest absolute Gasteiger partial charge is 0.224 e. The largest absolute Gasteiger partial charge is 0.389 e. The molecule has 1 aromatic rings. The van der Waals surface area contributed by atoms with Crippen LogP contribution in [0.5, 0.6) is 0 Å². The van der Waals surface area contributed by atoms with Gasteiger partial charge in [-0.2, -0.15) is 0 Å². The molecule has 88 valence electrons. The van der Waals surface area contributed by atoms with Crippen LogP contribution in [0, 0.1) is 6.92 Å². The summed E-state index contributed by atoms with van der Waals surface area (Å²) >= 11 is 0. The number of carbonyl (C=O) groups is 1. The molecule has 0 fully saturated rings. The molecule has 3 heteroatoms. The molecule has 0 aromatic heterocycles. The van der Waals surface area contributed by atoms with E-state index >= 15 is 0 Å². The molecule has 0 atom stereocenters. The van der Waals surface area contributed by atoms with Crippen LogP contribution in [0.25, 0.3) is 0 Å². The van der Waals surface area contributed by atoms with Gasteiger partial charge in [0, 0.05) is 6.54 Å². The summed E-state index contributed by atoms with van der Waals surface area (Å²) in [4.78, 5) is 11.6. The van der Waals surface area contributed by atoms with E-state index in [9.17, 15) is 9.90 Å². The van der Waals surface area contributed by atoms with Gasteiger partial charge in [-0.25, -0.2) is 0 Å². The van der Waals surface area contributed by atoms with E-state index in [4.69, 9.17) is 0 Å². The number of aryl methyl sites for hydroxylation is 1. The van der Waals surface area contributed by atoms with Crippen molar-refractivity contribution in [3.05, 3.63) is 35.4 Å². The summed E-state index contributed by atoms with van der Waals surface area (Å²) in [7, 11) is 0. The summed E-state index contributed by atoms with van der Waals surface area (Å²) in [5, 5.41) is 12.2. The van der Waals surface area contributed by atoms with Crippen molar-refractivity contribution in [1.82, 2.24) is 5.32 Å². The molecule has 0 radical (unpaired) electrons. The number of rotatable bonds is 4. The van der Waals surface area contributed by atoms with Crippen LogP contribution in [-0.4, -0.2) is 23.2 Å². The topological polar surface area (TPSA) is 49.3 Å². The molecule has 0 saturated carbocycles. The zero-order valence-electron chi connectivity index (χ0n) is 10.1. The lowest BCUT2D eigenvalue weighted by Gasteiger charge is -2.17. The van der Waals surface area contributed by atoms with E-state index in [1.165, 1.54) is 0 Å². The summed E-state index contributed by atoms with van der Waals surface area (Å²) in [6.07, 6.45) is 0.364. The third-order valence-electron chi connectivity index (χ3n) is 2.33. The van der Waals surface area contributed by atoms with Gasteiger partial charge in [0.1, 0.15) is 0 Å². The normalized spacial score (nSPS) is 11.2. The maximum absolute atomic E-state index is 11.6. The van der Waals surface area contributed by atoms with Gasteiger partial charge in [-0.15, -0.1) is 0 Å². The molecule has 2 N–H and O–H groups in total. The number of aliphatic hydroxyl groups is 1. The van der Waals surface area contributed by atoms with Gasteiger partial charge < -0.3 is 10.4 Å². The Kier molecular flexibility index (Phi) is 4.07. The molecule has 1 aromatic carbocycles. The molecule has 1 amide bonds. The van der Waals surface area contributed by atoms with E-state index < -0.39 is 5.60 Å². The number of benzene rings is 1. The number of hydrogen-bond acceptors (Lipinski definition) is 2. The summed E-state index contributed by atoms with van der Waals surface area (Å²) in [5.74, 6) is -0.0589. The van der Waals surface area contributed by atoms with Crippen molar-refractivity contribution in [3.63, 3.8) is 0 Å². The Morgan fingerprint density at radius 3 is 2.56 bits per heavy atom. The first-order chi connectivity index (χ1) is 7.38. The predicted molar refractivity (Wildman–Crippen MR) is 64.2 cm³/mol. The van der Waals surface area contributed by atoms with Crippen LogP contribution in [0.1, 0.15) is 25.0 Å². The number of carbonyl (C=O) groups excluding carboxylic acids is 1. The van der Waals surface area contributed by atoms with Gasteiger partial charge in [-0.1, -0.05) is 24.3 Å². The molecule has 0 aliphatic carbocycles. The molecule has 0 aliphatic heterocycles. The van der Waals surface area contributed by atoms with Gasteiger partial charge in [-0.3, -0.25) is 4.79 Å². The Labute approximate surface area is 96.5 Å². The molecule has 0 bridgehead atoms. The monoisotopic (exact) mass is 221 g/mol. The van der Waals surface area contributed by atoms with Crippen molar-refractivity contribution in [2.75, 3.05) is 6.54 Å².